The quantitative estimate of drug-likeness (QED) is 0.601. The third-order valence-corrected chi connectivity index (χ3v) is 2.58. The number of hydrogen-bond acceptors (Lipinski definition) is 1. The molecule has 0 radical (unpaired) electrons. The molecule has 0 aromatic heterocycles. The first-order valence-corrected chi connectivity index (χ1v) is 3.99. The van der Waals surface area contributed by atoms with Crippen LogP contribution in [-0.2, 0) is 0 Å². The molecule has 9 heavy (non-hydrogen) atoms. The highest BCUT2D eigenvalue weighted by Crippen LogP contribution is 2.33. The minimum atomic E-state index is 0.415. The molecular weight excluding hydrogens is 112 g/mol. The van der Waals surface area contributed by atoms with Gasteiger partial charge in [0.05, 0.1) is 0 Å². The van der Waals surface area contributed by atoms with Gasteiger partial charge in [-0.15, -0.1) is 0 Å². The third kappa shape index (κ3) is 1.45. The molecule has 1 rings (SSSR count). The zero-order valence-electron chi connectivity index (χ0n) is 6.14. The first-order valence-electron chi connectivity index (χ1n) is 3.99. The Morgan fingerprint density at radius 1 is 1.33 bits per heavy atom. The van der Waals surface area contributed by atoms with Gasteiger partial charge >= 0.3 is 0 Å². The molecule has 0 unspecified atom stereocenters. The topological polar surface area (TPSA) is 20.2 Å². The molecule has 1 heteroatoms. The van der Waals surface area contributed by atoms with E-state index in [9.17, 15) is 0 Å². The van der Waals surface area contributed by atoms with Gasteiger partial charge in [0.15, 0.2) is 0 Å². The first kappa shape index (κ1) is 7.07. The fourth-order valence-electron chi connectivity index (χ4n) is 1.89. The maximum absolute atomic E-state index is 8.87. The van der Waals surface area contributed by atoms with Gasteiger partial charge in [0.1, 0.15) is 0 Å². The zero-order valence-corrected chi connectivity index (χ0v) is 6.14. The molecule has 1 fully saturated rings. The average Bonchev–Trinajstić information content (AvgIpc) is 2.33. The average molecular weight is 128 g/mol. The number of rotatable bonds is 2. The first-order chi connectivity index (χ1) is 4.38. The van der Waals surface area contributed by atoms with Crippen LogP contribution < -0.4 is 0 Å². The van der Waals surface area contributed by atoms with Crippen LogP contribution in [0.3, 0.4) is 0 Å². The second-order valence-electron chi connectivity index (χ2n) is 3.04. The molecular formula is C8H16O. The van der Waals surface area contributed by atoms with Crippen molar-refractivity contribution in [2.45, 2.75) is 32.6 Å². The molecule has 1 saturated carbocycles. The molecule has 1 N–H and O–H groups in total. The maximum atomic E-state index is 8.87. The van der Waals surface area contributed by atoms with Crippen molar-refractivity contribution in [3.05, 3.63) is 0 Å². The molecule has 0 amide bonds. The highest BCUT2D eigenvalue weighted by Gasteiger charge is 2.24. The molecule has 0 bridgehead atoms. The number of aliphatic hydroxyl groups excluding tert-OH is 1. The highest BCUT2D eigenvalue weighted by atomic mass is 16.3. The van der Waals surface area contributed by atoms with Gasteiger partial charge in [0.2, 0.25) is 0 Å². The van der Waals surface area contributed by atoms with E-state index >= 15 is 0 Å². The summed E-state index contributed by atoms with van der Waals surface area (Å²) < 4.78 is 0. The van der Waals surface area contributed by atoms with E-state index in [2.05, 4.69) is 6.92 Å². The Balaban J connectivity index is 2.32. The molecule has 0 spiro atoms. The third-order valence-electron chi connectivity index (χ3n) is 2.58. The molecule has 2 atom stereocenters. The van der Waals surface area contributed by atoms with E-state index in [-0.39, 0.29) is 0 Å². The largest absolute Gasteiger partial charge is 0.396 e. The van der Waals surface area contributed by atoms with Crippen molar-refractivity contribution < 1.29 is 5.11 Å². The van der Waals surface area contributed by atoms with Gasteiger partial charge in [0.25, 0.3) is 0 Å². The minimum Gasteiger partial charge on any atom is -0.396 e. The van der Waals surface area contributed by atoms with Gasteiger partial charge in [0, 0.05) is 6.61 Å². The summed E-state index contributed by atoms with van der Waals surface area (Å²) in [6, 6.07) is 0. The Hall–Kier alpha value is -0.0400. The Morgan fingerprint density at radius 3 is 2.44 bits per heavy atom. The summed E-state index contributed by atoms with van der Waals surface area (Å²) in [7, 11) is 0. The van der Waals surface area contributed by atoms with Gasteiger partial charge in [-0.2, -0.15) is 0 Å². The Morgan fingerprint density at radius 2 is 2.00 bits per heavy atom. The number of aliphatic hydroxyl groups is 1. The predicted molar refractivity (Wildman–Crippen MR) is 38.2 cm³/mol. The van der Waals surface area contributed by atoms with Crippen LogP contribution in [0.15, 0.2) is 0 Å². The van der Waals surface area contributed by atoms with Crippen LogP contribution >= 0.6 is 0 Å². The van der Waals surface area contributed by atoms with E-state index in [1.165, 1.54) is 25.7 Å². The normalized spacial score (nSPS) is 35.3. The van der Waals surface area contributed by atoms with Crippen molar-refractivity contribution in [3.63, 3.8) is 0 Å². The molecule has 0 saturated heterocycles. The van der Waals surface area contributed by atoms with Gasteiger partial charge in [-0.05, 0) is 18.3 Å². The lowest BCUT2D eigenvalue weighted by Crippen LogP contribution is -2.10. The Kier molecular flexibility index (Phi) is 2.52. The van der Waals surface area contributed by atoms with Gasteiger partial charge < -0.3 is 5.11 Å². The molecule has 1 aliphatic carbocycles. The van der Waals surface area contributed by atoms with Crippen LogP contribution in [0.25, 0.3) is 0 Å². The van der Waals surface area contributed by atoms with Crippen molar-refractivity contribution in [2.75, 3.05) is 6.61 Å². The predicted octanol–water partition coefficient (Wildman–Crippen LogP) is 1.81. The monoisotopic (exact) mass is 128 g/mol. The lowest BCUT2D eigenvalue weighted by atomic mass is 9.95. The van der Waals surface area contributed by atoms with Crippen molar-refractivity contribution in [1.82, 2.24) is 0 Å². The summed E-state index contributed by atoms with van der Waals surface area (Å²) >= 11 is 0. The minimum absolute atomic E-state index is 0.415. The standard InChI is InChI=1S/C8H16O/c1-2-7-4-3-5-8(7)6-9/h7-9H,2-6H2,1H3/t7-,8-/m0/s1. The Bertz CT molecular complexity index is 70.6. The van der Waals surface area contributed by atoms with Crippen molar-refractivity contribution in [2.24, 2.45) is 11.8 Å². The lowest BCUT2D eigenvalue weighted by Gasteiger charge is -2.13. The molecule has 0 heterocycles. The SMILES string of the molecule is CC[C@H]1CCC[C@H]1CO. The van der Waals surface area contributed by atoms with Crippen LogP contribution in [0.2, 0.25) is 0 Å². The van der Waals surface area contributed by atoms with Crippen molar-refractivity contribution in [1.29, 1.82) is 0 Å². The van der Waals surface area contributed by atoms with Crippen molar-refractivity contribution in [3.8, 4) is 0 Å². The van der Waals surface area contributed by atoms with E-state index in [0.717, 1.165) is 5.92 Å². The van der Waals surface area contributed by atoms with Gasteiger partial charge in [-0.3, -0.25) is 0 Å². The second-order valence-corrected chi connectivity index (χ2v) is 3.04. The van der Waals surface area contributed by atoms with E-state index < -0.39 is 0 Å². The summed E-state index contributed by atoms with van der Waals surface area (Å²) in [6.07, 6.45) is 5.20. The second kappa shape index (κ2) is 3.21. The van der Waals surface area contributed by atoms with Crippen LogP contribution in [-0.4, -0.2) is 11.7 Å². The summed E-state index contributed by atoms with van der Waals surface area (Å²) in [5.74, 6) is 1.46. The lowest BCUT2D eigenvalue weighted by molar-refractivity contribution is 0.192. The van der Waals surface area contributed by atoms with Gasteiger partial charge in [-0.25, -0.2) is 0 Å². The number of hydrogen-bond donors (Lipinski definition) is 1. The molecule has 1 aliphatic rings. The van der Waals surface area contributed by atoms with Crippen LogP contribution in [0.4, 0.5) is 0 Å². The maximum Gasteiger partial charge on any atom is 0.0461 e. The molecule has 0 aromatic rings. The van der Waals surface area contributed by atoms with E-state index in [1.54, 1.807) is 0 Å². The van der Waals surface area contributed by atoms with Crippen LogP contribution in [0.5, 0.6) is 0 Å². The fraction of sp³-hybridized carbons (Fsp3) is 1.00. The summed E-state index contributed by atoms with van der Waals surface area (Å²) in [5.41, 5.74) is 0. The molecule has 0 aliphatic heterocycles. The Labute approximate surface area is 57.1 Å². The van der Waals surface area contributed by atoms with E-state index in [0.29, 0.717) is 12.5 Å². The van der Waals surface area contributed by atoms with E-state index in [1.807, 2.05) is 0 Å². The molecule has 1 nitrogen and oxygen atoms in total. The summed E-state index contributed by atoms with van der Waals surface area (Å²) in [5, 5.41) is 8.87. The van der Waals surface area contributed by atoms with Crippen LogP contribution in [0.1, 0.15) is 32.6 Å². The zero-order chi connectivity index (χ0) is 6.69. The smallest absolute Gasteiger partial charge is 0.0461 e. The summed E-state index contributed by atoms with van der Waals surface area (Å²) in [6.45, 7) is 2.64. The van der Waals surface area contributed by atoms with Gasteiger partial charge in [-0.1, -0.05) is 26.2 Å². The highest BCUT2D eigenvalue weighted by molar-refractivity contribution is 4.75. The van der Waals surface area contributed by atoms with Crippen LogP contribution in [0, 0.1) is 11.8 Å². The molecule has 0 aromatic carbocycles. The van der Waals surface area contributed by atoms with E-state index in [4.69, 9.17) is 5.11 Å². The summed E-state index contributed by atoms with van der Waals surface area (Å²) in [4.78, 5) is 0. The van der Waals surface area contributed by atoms with Crippen molar-refractivity contribution >= 4 is 0 Å². The fourth-order valence-corrected chi connectivity index (χ4v) is 1.89. The molecule has 54 valence electrons.